The Balaban J connectivity index is 1.11. The molecule has 0 aliphatic carbocycles. The van der Waals surface area contributed by atoms with E-state index in [0.29, 0.717) is 28.7 Å². The number of nitrogens with two attached hydrogens (primary N) is 1. The van der Waals surface area contributed by atoms with E-state index in [4.69, 9.17) is 22.1 Å². The number of thiophene rings is 1. The minimum Gasteiger partial charge on any atom is -0.491 e. The van der Waals surface area contributed by atoms with Crippen LogP contribution in [-0.2, 0) is 13.0 Å². The maximum absolute atomic E-state index is 12.2. The summed E-state index contributed by atoms with van der Waals surface area (Å²) in [6.45, 7) is 10.4. The van der Waals surface area contributed by atoms with E-state index in [1.165, 1.54) is 24.4 Å². The number of primary amides is 1. The Hall–Kier alpha value is -3.70. The molecule has 2 N–H and O–H groups in total. The number of benzene rings is 2. The fourth-order valence-corrected chi connectivity index (χ4v) is 6.69. The van der Waals surface area contributed by atoms with Crippen molar-refractivity contribution in [3.8, 4) is 21.9 Å². The minimum atomic E-state index is -0.522. The number of imidazole rings is 1. The van der Waals surface area contributed by atoms with E-state index in [9.17, 15) is 4.79 Å². The van der Waals surface area contributed by atoms with Crippen molar-refractivity contribution in [2.75, 3.05) is 45.9 Å². The average molecular weight is 618 g/mol. The van der Waals surface area contributed by atoms with E-state index in [2.05, 4.69) is 45.1 Å². The van der Waals surface area contributed by atoms with Crippen molar-refractivity contribution in [3.63, 3.8) is 0 Å². The summed E-state index contributed by atoms with van der Waals surface area (Å²) in [6.07, 6.45) is 7.49. The van der Waals surface area contributed by atoms with Gasteiger partial charge in [-0.05, 0) is 48.8 Å². The van der Waals surface area contributed by atoms with Gasteiger partial charge in [-0.1, -0.05) is 42.8 Å². The molecule has 2 aromatic carbocycles. The number of likely N-dealkylation sites (N-methyl/N-ethyl adjacent to an activating group) is 1. The standard InChI is InChI=1S/C32H36ClN7O2S/c1-2-37-13-15-38(16-14-37)11-5-12-39-21-25(20-36-39)24-8-9-28-27(18-24)35-22-40(28)30-19-29(31(43-30)32(34)41)42-17-10-23-6-3-4-7-26(23)33/h3-4,6-9,18-22H,2,5,10-17H2,1H3,(H2,34,41). The fourth-order valence-electron chi connectivity index (χ4n) is 5.52. The normalized spacial score (nSPS) is 14.5. The van der Waals surface area contributed by atoms with Gasteiger partial charge in [-0.15, -0.1) is 11.3 Å². The van der Waals surface area contributed by atoms with Crippen LogP contribution in [0.1, 0.15) is 28.6 Å². The van der Waals surface area contributed by atoms with Gasteiger partial charge in [-0.3, -0.25) is 14.0 Å². The van der Waals surface area contributed by atoms with Crippen molar-refractivity contribution in [2.24, 2.45) is 5.73 Å². The molecule has 224 valence electrons. The Labute approximate surface area is 260 Å². The highest BCUT2D eigenvalue weighted by atomic mass is 35.5. The van der Waals surface area contributed by atoms with Crippen LogP contribution < -0.4 is 10.5 Å². The first-order valence-electron chi connectivity index (χ1n) is 14.7. The molecule has 0 saturated carbocycles. The molecular weight excluding hydrogens is 582 g/mol. The number of aryl methyl sites for hydroxylation is 1. The highest BCUT2D eigenvalue weighted by Gasteiger charge is 2.19. The lowest BCUT2D eigenvalue weighted by molar-refractivity contribution is 0.100. The smallest absolute Gasteiger partial charge is 0.262 e. The summed E-state index contributed by atoms with van der Waals surface area (Å²) in [5.41, 5.74) is 10.6. The first kappa shape index (κ1) is 29.4. The van der Waals surface area contributed by atoms with Crippen molar-refractivity contribution in [2.45, 2.75) is 26.3 Å². The first-order valence-corrected chi connectivity index (χ1v) is 15.9. The molecule has 43 heavy (non-hydrogen) atoms. The Morgan fingerprint density at radius 1 is 1.05 bits per heavy atom. The van der Waals surface area contributed by atoms with Crippen LogP contribution in [0.3, 0.4) is 0 Å². The largest absolute Gasteiger partial charge is 0.491 e. The highest BCUT2D eigenvalue weighted by Crippen LogP contribution is 2.34. The van der Waals surface area contributed by atoms with Gasteiger partial charge in [0.15, 0.2) is 0 Å². The summed E-state index contributed by atoms with van der Waals surface area (Å²) in [5.74, 6) is -0.0552. The third kappa shape index (κ3) is 6.78. The summed E-state index contributed by atoms with van der Waals surface area (Å²) in [5, 5.41) is 6.11. The monoisotopic (exact) mass is 617 g/mol. The summed E-state index contributed by atoms with van der Waals surface area (Å²) in [6, 6.07) is 15.7. The number of hydrogen-bond acceptors (Lipinski definition) is 7. The van der Waals surface area contributed by atoms with Gasteiger partial charge in [-0.25, -0.2) is 4.98 Å². The zero-order valence-electron chi connectivity index (χ0n) is 24.3. The second-order valence-electron chi connectivity index (χ2n) is 10.8. The Morgan fingerprint density at radius 2 is 1.86 bits per heavy atom. The first-order chi connectivity index (χ1) is 21.0. The predicted octanol–water partition coefficient (Wildman–Crippen LogP) is 5.35. The van der Waals surface area contributed by atoms with Crippen molar-refractivity contribution in [1.82, 2.24) is 29.1 Å². The summed E-state index contributed by atoms with van der Waals surface area (Å²) in [7, 11) is 0. The lowest BCUT2D eigenvalue weighted by atomic mass is 10.1. The lowest BCUT2D eigenvalue weighted by Gasteiger charge is -2.33. The number of hydrogen-bond donors (Lipinski definition) is 1. The van der Waals surface area contributed by atoms with E-state index in [1.54, 1.807) is 6.33 Å². The number of aromatic nitrogens is 4. The minimum absolute atomic E-state index is 0.373. The van der Waals surface area contributed by atoms with Crippen molar-refractivity contribution in [1.29, 1.82) is 0 Å². The summed E-state index contributed by atoms with van der Waals surface area (Å²) >= 11 is 7.57. The third-order valence-electron chi connectivity index (χ3n) is 8.02. The molecule has 4 heterocycles. The van der Waals surface area contributed by atoms with E-state index < -0.39 is 5.91 Å². The molecule has 1 amide bonds. The fraction of sp³-hybridized carbons (Fsp3) is 0.344. The number of halogens is 1. The van der Waals surface area contributed by atoms with Crippen molar-refractivity contribution >= 4 is 39.9 Å². The molecule has 1 saturated heterocycles. The van der Waals surface area contributed by atoms with Gasteiger partial charge in [-0.2, -0.15) is 5.10 Å². The van der Waals surface area contributed by atoms with Gasteiger partial charge < -0.3 is 20.3 Å². The number of amides is 1. The van der Waals surface area contributed by atoms with Gasteiger partial charge in [0.25, 0.3) is 5.91 Å². The molecule has 5 aromatic rings. The average Bonchev–Trinajstić information content (AvgIpc) is 3.77. The number of piperazine rings is 1. The Morgan fingerprint density at radius 3 is 2.65 bits per heavy atom. The summed E-state index contributed by atoms with van der Waals surface area (Å²) in [4.78, 5) is 22.3. The maximum atomic E-state index is 12.2. The van der Waals surface area contributed by atoms with Gasteiger partial charge in [0.2, 0.25) is 0 Å². The number of fused-ring (bicyclic) bond motifs is 1. The Bertz CT molecular complexity index is 1700. The molecule has 0 spiro atoms. The molecule has 1 fully saturated rings. The van der Waals surface area contributed by atoms with E-state index in [1.807, 2.05) is 51.8 Å². The predicted molar refractivity (Wildman–Crippen MR) is 173 cm³/mol. The molecule has 9 nitrogen and oxygen atoms in total. The molecule has 1 aliphatic heterocycles. The van der Waals surface area contributed by atoms with Crippen molar-refractivity contribution in [3.05, 3.63) is 82.7 Å². The van der Waals surface area contributed by atoms with Crippen LogP contribution in [0.4, 0.5) is 0 Å². The van der Waals surface area contributed by atoms with Gasteiger partial charge in [0.1, 0.15) is 22.0 Å². The van der Waals surface area contributed by atoms with Gasteiger partial charge in [0.05, 0.1) is 23.8 Å². The van der Waals surface area contributed by atoms with Crippen LogP contribution in [0.5, 0.6) is 5.75 Å². The van der Waals surface area contributed by atoms with Crippen molar-refractivity contribution < 1.29 is 9.53 Å². The number of ether oxygens (including phenoxy) is 1. The lowest BCUT2D eigenvalue weighted by Crippen LogP contribution is -2.46. The van der Waals surface area contributed by atoms with E-state index in [0.717, 1.165) is 71.9 Å². The topological polar surface area (TPSA) is 94.4 Å². The highest BCUT2D eigenvalue weighted by molar-refractivity contribution is 7.16. The SMILES string of the molecule is CCN1CCN(CCCn2cc(-c3ccc4c(c3)ncn4-c3cc(OCCc4ccccc4Cl)c(C(N)=O)s3)cn2)CC1. The summed E-state index contributed by atoms with van der Waals surface area (Å²) < 4.78 is 9.99. The van der Waals surface area contributed by atoms with Crippen LogP contribution in [-0.4, -0.2) is 80.9 Å². The van der Waals surface area contributed by atoms with E-state index >= 15 is 0 Å². The molecule has 0 radical (unpaired) electrons. The number of carbonyl (C=O) groups excluding carboxylic acids is 1. The Kier molecular flexibility index (Phi) is 9.08. The molecule has 0 bridgehead atoms. The van der Waals surface area contributed by atoms with Crippen LogP contribution in [0.15, 0.2) is 67.3 Å². The molecule has 11 heteroatoms. The number of nitrogens with zero attached hydrogens (tertiary/aromatic N) is 6. The maximum Gasteiger partial charge on any atom is 0.262 e. The van der Waals surface area contributed by atoms with Crippen LogP contribution in [0.2, 0.25) is 5.02 Å². The second kappa shape index (κ2) is 13.3. The molecule has 0 unspecified atom stereocenters. The zero-order valence-corrected chi connectivity index (χ0v) is 25.9. The van der Waals surface area contributed by atoms with Gasteiger partial charge in [0, 0.05) is 62.0 Å². The molecule has 0 atom stereocenters. The molecular formula is C32H36ClN7O2S. The van der Waals surface area contributed by atoms with E-state index in [-0.39, 0.29) is 0 Å². The molecule has 6 rings (SSSR count). The number of carbonyl (C=O) groups is 1. The quantitative estimate of drug-likeness (QED) is 0.203. The second-order valence-corrected chi connectivity index (χ2v) is 12.2. The van der Waals surface area contributed by atoms with Crippen LogP contribution in [0, 0.1) is 0 Å². The van der Waals surface area contributed by atoms with Crippen LogP contribution >= 0.6 is 22.9 Å². The van der Waals surface area contributed by atoms with Gasteiger partial charge >= 0.3 is 0 Å². The molecule has 3 aromatic heterocycles. The molecule has 1 aliphatic rings. The number of rotatable bonds is 12. The third-order valence-corrected chi connectivity index (χ3v) is 9.52. The van der Waals surface area contributed by atoms with Crippen LogP contribution in [0.25, 0.3) is 27.2 Å². The zero-order chi connectivity index (χ0) is 29.8.